The molecule has 0 atom stereocenters. The van der Waals surface area contributed by atoms with Crippen molar-refractivity contribution >= 4 is 20.0 Å². The van der Waals surface area contributed by atoms with Gasteiger partial charge in [0.1, 0.15) is 4.90 Å². The first-order valence-corrected chi connectivity index (χ1v) is 10.3. The molecule has 1 saturated heterocycles. The smallest absolute Gasteiger partial charge is 0.244 e. The van der Waals surface area contributed by atoms with Crippen LogP contribution in [0.1, 0.15) is 19.8 Å². The molecule has 22 heavy (non-hydrogen) atoms. The summed E-state index contributed by atoms with van der Waals surface area (Å²) in [7, 11) is -6.88. The molecule has 124 valence electrons. The quantitative estimate of drug-likeness (QED) is 0.748. The molecule has 1 aliphatic rings. The maximum atomic E-state index is 12.4. The Hall–Kier alpha value is -1.03. The predicted molar refractivity (Wildman–Crippen MR) is 83.3 cm³/mol. The second-order valence-corrected chi connectivity index (χ2v) is 9.19. The molecule has 0 amide bonds. The van der Waals surface area contributed by atoms with E-state index in [2.05, 4.69) is 4.98 Å². The third-order valence-electron chi connectivity index (χ3n) is 3.62. The average molecular weight is 347 g/mol. The van der Waals surface area contributed by atoms with Gasteiger partial charge in [0.2, 0.25) is 20.0 Å². The number of unbranched alkanes of at least 4 members (excludes halogenated alkanes) is 1. The van der Waals surface area contributed by atoms with Crippen molar-refractivity contribution in [2.45, 2.75) is 24.7 Å². The van der Waals surface area contributed by atoms with Crippen LogP contribution in [0.4, 0.5) is 0 Å². The molecule has 0 spiro atoms. The molecule has 0 radical (unpaired) electrons. The van der Waals surface area contributed by atoms with Gasteiger partial charge in [0.15, 0.2) is 0 Å². The lowest BCUT2D eigenvalue weighted by Crippen LogP contribution is -2.50. The summed E-state index contributed by atoms with van der Waals surface area (Å²) in [4.78, 5) is 3.96. The summed E-state index contributed by atoms with van der Waals surface area (Å²) < 4.78 is 51.8. The number of aromatic nitrogens is 1. The number of piperazine rings is 1. The van der Waals surface area contributed by atoms with Crippen molar-refractivity contribution in [3.63, 3.8) is 0 Å². The molecule has 0 aliphatic carbocycles. The zero-order chi connectivity index (χ0) is 16.2. The SMILES string of the molecule is CCCCS(=O)(=O)N1CCN(S(=O)(=O)c2cccnc2)CC1. The molecule has 1 aromatic rings. The molecule has 2 rings (SSSR count). The lowest BCUT2D eigenvalue weighted by Gasteiger charge is -2.33. The minimum absolute atomic E-state index is 0.124. The Labute approximate surface area is 132 Å². The van der Waals surface area contributed by atoms with Crippen molar-refractivity contribution in [3.05, 3.63) is 24.5 Å². The van der Waals surface area contributed by atoms with Crippen molar-refractivity contribution in [2.24, 2.45) is 0 Å². The van der Waals surface area contributed by atoms with Crippen LogP contribution in [0.25, 0.3) is 0 Å². The maximum Gasteiger partial charge on any atom is 0.244 e. The van der Waals surface area contributed by atoms with Crippen LogP contribution in [-0.2, 0) is 20.0 Å². The van der Waals surface area contributed by atoms with Gasteiger partial charge in [-0.15, -0.1) is 0 Å². The van der Waals surface area contributed by atoms with E-state index in [1.165, 1.54) is 27.1 Å². The fourth-order valence-corrected chi connectivity index (χ4v) is 5.31. The molecule has 0 bridgehead atoms. The Morgan fingerprint density at radius 1 is 1.09 bits per heavy atom. The first-order valence-electron chi connectivity index (χ1n) is 7.26. The van der Waals surface area contributed by atoms with E-state index in [0.717, 1.165) is 6.42 Å². The summed E-state index contributed by atoms with van der Waals surface area (Å²) >= 11 is 0. The van der Waals surface area contributed by atoms with Crippen LogP contribution < -0.4 is 0 Å². The molecule has 0 N–H and O–H groups in total. The third kappa shape index (κ3) is 3.83. The Kier molecular flexibility index (Phi) is 5.54. The van der Waals surface area contributed by atoms with Crippen LogP contribution in [0, 0.1) is 0 Å². The minimum atomic E-state index is -3.60. The van der Waals surface area contributed by atoms with Crippen molar-refractivity contribution in [3.8, 4) is 0 Å². The molecule has 1 aromatic heterocycles. The van der Waals surface area contributed by atoms with E-state index in [1.54, 1.807) is 6.07 Å². The van der Waals surface area contributed by atoms with Crippen LogP contribution in [0.3, 0.4) is 0 Å². The van der Waals surface area contributed by atoms with E-state index in [9.17, 15) is 16.8 Å². The number of sulfonamides is 2. The van der Waals surface area contributed by atoms with Crippen LogP contribution in [0.2, 0.25) is 0 Å². The molecular formula is C13H21N3O4S2. The lowest BCUT2D eigenvalue weighted by molar-refractivity contribution is 0.272. The van der Waals surface area contributed by atoms with Gasteiger partial charge >= 0.3 is 0 Å². The standard InChI is InChI=1S/C13H21N3O4S2/c1-2-3-11-21(17,18)15-7-9-16(10-8-15)22(19,20)13-5-4-6-14-12-13/h4-6,12H,2-3,7-11H2,1H3. The zero-order valence-electron chi connectivity index (χ0n) is 12.6. The Morgan fingerprint density at radius 3 is 2.27 bits per heavy atom. The summed E-state index contributed by atoms with van der Waals surface area (Å²) in [5.41, 5.74) is 0. The Morgan fingerprint density at radius 2 is 1.73 bits per heavy atom. The van der Waals surface area contributed by atoms with E-state index < -0.39 is 20.0 Å². The van der Waals surface area contributed by atoms with Crippen LogP contribution in [0.5, 0.6) is 0 Å². The number of hydrogen-bond donors (Lipinski definition) is 0. The van der Waals surface area contributed by atoms with Crippen molar-refractivity contribution in [2.75, 3.05) is 31.9 Å². The van der Waals surface area contributed by atoms with Gasteiger partial charge in [0.25, 0.3) is 0 Å². The molecule has 1 fully saturated rings. The van der Waals surface area contributed by atoms with Crippen molar-refractivity contribution in [1.82, 2.24) is 13.6 Å². The molecule has 0 saturated carbocycles. The lowest BCUT2D eigenvalue weighted by atomic mass is 10.4. The molecule has 2 heterocycles. The molecular weight excluding hydrogens is 326 g/mol. The van der Waals surface area contributed by atoms with Crippen molar-refractivity contribution < 1.29 is 16.8 Å². The van der Waals surface area contributed by atoms with Crippen LogP contribution in [0.15, 0.2) is 29.4 Å². The Balaban J connectivity index is 2.04. The summed E-state index contributed by atoms with van der Waals surface area (Å²) in [6.45, 7) is 2.68. The highest BCUT2D eigenvalue weighted by Gasteiger charge is 2.32. The van der Waals surface area contributed by atoms with Gasteiger partial charge < -0.3 is 0 Å². The molecule has 1 aliphatic heterocycles. The first kappa shape index (κ1) is 17.3. The highest BCUT2D eigenvalue weighted by molar-refractivity contribution is 7.89. The number of nitrogens with zero attached hydrogens (tertiary/aromatic N) is 3. The van der Waals surface area contributed by atoms with Gasteiger partial charge in [0.05, 0.1) is 5.75 Å². The maximum absolute atomic E-state index is 12.4. The second-order valence-electron chi connectivity index (χ2n) is 5.16. The van der Waals surface area contributed by atoms with Gasteiger partial charge in [-0.05, 0) is 18.6 Å². The summed E-state index contributed by atoms with van der Waals surface area (Å²) in [6.07, 6.45) is 4.25. The number of rotatable bonds is 6. The highest BCUT2D eigenvalue weighted by Crippen LogP contribution is 2.18. The van der Waals surface area contributed by atoms with Crippen molar-refractivity contribution in [1.29, 1.82) is 0 Å². The van der Waals surface area contributed by atoms with E-state index >= 15 is 0 Å². The highest BCUT2D eigenvalue weighted by atomic mass is 32.2. The van der Waals surface area contributed by atoms with Gasteiger partial charge in [-0.3, -0.25) is 4.98 Å². The number of pyridine rings is 1. The van der Waals surface area contributed by atoms with E-state index in [1.807, 2.05) is 6.92 Å². The number of hydrogen-bond acceptors (Lipinski definition) is 5. The van der Waals surface area contributed by atoms with E-state index in [4.69, 9.17) is 0 Å². The molecule has 7 nitrogen and oxygen atoms in total. The van der Waals surface area contributed by atoms with Gasteiger partial charge in [0, 0.05) is 38.6 Å². The molecule has 9 heteroatoms. The van der Waals surface area contributed by atoms with Gasteiger partial charge in [-0.25, -0.2) is 16.8 Å². The fraction of sp³-hybridized carbons (Fsp3) is 0.615. The normalized spacial score (nSPS) is 18.4. The zero-order valence-corrected chi connectivity index (χ0v) is 14.2. The molecule has 0 aromatic carbocycles. The van der Waals surface area contributed by atoms with E-state index in [-0.39, 0.29) is 36.8 Å². The Bertz CT molecular complexity index is 681. The third-order valence-corrected chi connectivity index (χ3v) is 7.46. The van der Waals surface area contributed by atoms with E-state index in [0.29, 0.717) is 6.42 Å². The summed E-state index contributed by atoms with van der Waals surface area (Å²) in [5, 5.41) is 0. The fourth-order valence-electron chi connectivity index (χ4n) is 2.29. The summed E-state index contributed by atoms with van der Waals surface area (Å²) in [5.74, 6) is 0.124. The van der Waals surface area contributed by atoms with Crippen LogP contribution >= 0.6 is 0 Å². The van der Waals surface area contributed by atoms with Gasteiger partial charge in [-0.2, -0.15) is 8.61 Å². The molecule has 0 unspecified atom stereocenters. The topological polar surface area (TPSA) is 87.7 Å². The summed E-state index contributed by atoms with van der Waals surface area (Å²) in [6, 6.07) is 3.06. The van der Waals surface area contributed by atoms with Crippen LogP contribution in [-0.4, -0.2) is 62.4 Å². The first-order chi connectivity index (χ1) is 10.4. The average Bonchev–Trinajstić information content (AvgIpc) is 2.54. The monoisotopic (exact) mass is 347 g/mol. The van der Waals surface area contributed by atoms with Gasteiger partial charge in [-0.1, -0.05) is 13.3 Å². The largest absolute Gasteiger partial charge is 0.263 e. The minimum Gasteiger partial charge on any atom is -0.263 e. The predicted octanol–water partition coefficient (Wildman–Crippen LogP) is 0.518. The second kappa shape index (κ2) is 7.03.